The van der Waals surface area contributed by atoms with Crippen LogP contribution in [0, 0.1) is 5.92 Å². The highest BCUT2D eigenvalue weighted by Gasteiger charge is 2.23. The van der Waals surface area contributed by atoms with Crippen LogP contribution in [0.4, 0.5) is 0 Å². The lowest BCUT2D eigenvalue weighted by molar-refractivity contribution is 0.112. The Balaban J connectivity index is 2.02. The van der Waals surface area contributed by atoms with Crippen LogP contribution in [-0.4, -0.2) is 31.4 Å². The number of hydrogen-bond donors (Lipinski definition) is 0. The van der Waals surface area contributed by atoms with E-state index in [0.29, 0.717) is 11.6 Å². The molecule has 1 aromatic rings. The summed E-state index contributed by atoms with van der Waals surface area (Å²) in [6.07, 6.45) is 7.46. The lowest BCUT2D eigenvalue weighted by Gasteiger charge is -2.34. The van der Waals surface area contributed by atoms with Gasteiger partial charge in [0.15, 0.2) is 0 Å². The minimum Gasteiger partial charge on any atom is -0.496 e. The third-order valence-electron chi connectivity index (χ3n) is 4.88. The second-order valence-electron chi connectivity index (χ2n) is 6.19. The first-order chi connectivity index (χ1) is 10.2. The van der Waals surface area contributed by atoms with Gasteiger partial charge in [0.05, 0.1) is 7.11 Å². The minimum atomic E-state index is 0.650. The van der Waals surface area contributed by atoms with Gasteiger partial charge in [-0.15, -0.1) is 0 Å². The maximum atomic E-state index is 11.0. The zero-order chi connectivity index (χ0) is 15.2. The maximum absolute atomic E-state index is 11.0. The minimum absolute atomic E-state index is 0.650. The Labute approximate surface area is 128 Å². The lowest BCUT2D eigenvalue weighted by Crippen LogP contribution is -2.34. The summed E-state index contributed by atoms with van der Waals surface area (Å²) in [6, 6.07) is 6.29. The number of nitrogens with zero attached hydrogens (tertiary/aromatic N) is 1. The summed E-state index contributed by atoms with van der Waals surface area (Å²) >= 11 is 0. The van der Waals surface area contributed by atoms with Crippen LogP contribution in [0.15, 0.2) is 18.2 Å². The molecule has 116 valence electrons. The normalized spacial score (nSPS) is 22.3. The average molecular weight is 289 g/mol. The van der Waals surface area contributed by atoms with Gasteiger partial charge in [0.2, 0.25) is 0 Å². The molecule has 3 heteroatoms. The summed E-state index contributed by atoms with van der Waals surface area (Å²) in [5.41, 5.74) is 1.82. The van der Waals surface area contributed by atoms with Crippen molar-refractivity contribution in [2.45, 2.75) is 51.6 Å². The average Bonchev–Trinajstić information content (AvgIpc) is 2.54. The summed E-state index contributed by atoms with van der Waals surface area (Å²) in [6.45, 7) is 3.14. The molecular weight excluding hydrogens is 262 g/mol. The quantitative estimate of drug-likeness (QED) is 0.744. The van der Waals surface area contributed by atoms with E-state index in [1.807, 2.05) is 18.2 Å². The molecule has 0 radical (unpaired) electrons. The molecular formula is C18H27NO2. The highest BCUT2D eigenvalue weighted by molar-refractivity contribution is 5.75. The second kappa shape index (κ2) is 7.60. The van der Waals surface area contributed by atoms with Gasteiger partial charge in [-0.05, 0) is 56.8 Å². The van der Waals surface area contributed by atoms with Crippen LogP contribution in [0.25, 0.3) is 0 Å². The smallest absolute Gasteiger partial charge is 0.150 e. The van der Waals surface area contributed by atoms with Crippen LogP contribution in [0.2, 0.25) is 0 Å². The zero-order valence-electron chi connectivity index (χ0n) is 13.5. The number of carbonyl (C=O) groups excluding carboxylic acids is 1. The molecule has 0 aromatic heterocycles. The van der Waals surface area contributed by atoms with Crippen LogP contribution in [0.5, 0.6) is 5.75 Å². The van der Waals surface area contributed by atoms with E-state index in [2.05, 4.69) is 18.9 Å². The van der Waals surface area contributed by atoms with Gasteiger partial charge in [0, 0.05) is 23.7 Å². The van der Waals surface area contributed by atoms with Gasteiger partial charge >= 0.3 is 0 Å². The molecule has 1 aliphatic rings. The van der Waals surface area contributed by atoms with E-state index >= 15 is 0 Å². The molecule has 0 amide bonds. The molecule has 1 aliphatic carbocycles. The number of ether oxygens (including phenoxy) is 1. The molecule has 1 saturated carbocycles. The Morgan fingerprint density at radius 3 is 2.57 bits per heavy atom. The number of aldehydes is 1. The Bertz CT molecular complexity index is 464. The number of benzene rings is 1. The van der Waals surface area contributed by atoms with Crippen LogP contribution < -0.4 is 4.74 Å². The monoisotopic (exact) mass is 289 g/mol. The fourth-order valence-electron chi connectivity index (χ4n) is 3.39. The fraction of sp³-hybridized carbons (Fsp3) is 0.611. The summed E-state index contributed by atoms with van der Waals surface area (Å²) in [7, 11) is 3.87. The first-order valence-electron chi connectivity index (χ1n) is 8.00. The van der Waals surface area contributed by atoms with Gasteiger partial charge in [-0.2, -0.15) is 0 Å². The van der Waals surface area contributed by atoms with Gasteiger partial charge in [-0.1, -0.05) is 13.3 Å². The van der Waals surface area contributed by atoms with Crippen LogP contribution in [0.1, 0.15) is 54.9 Å². The first kappa shape index (κ1) is 16.0. The summed E-state index contributed by atoms with van der Waals surface area (Å²) in [5.74, 6) is 1.79. The standard InChI is InChI=1S/C18H27NO2/c1-4-14-5-8-17(9-6-14)19(2)12-16-11-15(13-20)7-10-18(16)21-3/h7,10-11,13-14,17H,4-6,8-9,12H2,1-3H3. The van der Waals surface area contributed by atoms with Crippen molar-refractivity contribution in [3.8, 4) is 5.75 Å². The molecule has 3 nitrogen and oxygen atoms in total. The van der Waals surface area contributed by atoms with Gasteiger partial charge in [0.25, 0.3) is 0 Å². The van der Waals surface area contributed by atoms with Crippen molar-refractivity contribution in [2.24, 2.45) is 5.92 Å². The van der Waals surface area contributed by atoms with Gasteiger partial charge in [-0.25, -0.2) is 0 Å². The zero-order valence-corrected chi connectivity index (χ0v) is 13.5. The van der Waals surface area contributed by atoms with Gasteiger partial charge in [0.1, 0.15) is 12.0 Å². The Morgan fingerprint density at radius 1 is 1.29 bits per heavy atom. The van der Waals surface area contributed by atoms with E-state index in [4.69, 9.17) is 4.74 Å². The molecule has 0 atom stereocenters. The largest absolute Gasteiger partial charge is 0.496 e. The third kappa shape index (κ3) is 4.07. The van der Waals surface area contributed by atoms with Crippen molar-refractivity contribution in [1.82, 2.24) is 4.90 Å². The van der Waals surface area contributed by atoms with E-state index in [0.717, 1.165) is 30.1 Å². The number of rotatable bonds is 6. The molecule has 0 bridgehead atoms. The number of carbonyl (C=O) groups is 1. The van der Waals surface area contributed by atoms with Gasteiger partial charge in [-0.3, -0.25) is 9.69 Å². The number of methoxy groups -OCH3 is 1. The van der Waals surface area contributed by atoms with E-state index in [1.165, 1.54) is 32.1 Å². The summed E-state index contributed by atoms with van der Waals surface area (Å²) in [5, 5.41) is 0. The van der Waals surface area contributed by atoms with Crippen LogP contribution >= 0.6 is 0 Å². The number of hydrogen-bond acceptors (Lipinski definition) is 3. The van der Waals surface area contributed by atoms with Crippen molar-refractivity contribution in [3.63, 3.8) is 0 Å². The van der Waals surface area contributed by atoms with Crippen molar-refractivity contribution >= 4 is 6.29 Å². The molecule has 0 heterocycles. The summed E-state index contributed by atoms with van der Waals surface area (Å²) < 4.78 is 5.42. The summed E-state index contributed by atoms with van der Waals surface area (Å²) in [4.78, 5) is 13.4. The van der Waals surface area contributed by atoms with Crippen LogP contribution in [-0.2, 0) is 6.54 Å². The Kier molecular flexibility index (Phi) is 5.80. The molecule has 21 heavy (non-hydrogen) atoms. The van der Waals surface area contributed by atoms with E-state index in [-0.39, 0.29) is 0 Å². The first-order valence-corrected chi connectivity index (χ1v) is 8.00. The molecule has 1 aromatic carbocycles. The van der Waals surface area contributed by atoms with Crippen molar-refractivity contribution in [3.05, 3.63) is 29.3 Å². The topological polar surface area (TPSA) is 29.5 Å². The molecule has 1 fully saturated rings. The van der Waals surface area contributed by atoms with E-state index in [9.17, 15) is 4.79 Å². The SMILES string of the molecule is CCC1CCC(N(C)Cc2cc(C=O)ccc2OC)CC1. The Morgan fingerprint density at radius 2 is 2.00 bits per heavy atom. The predicted molar refractivity (Wildman–Crippen MR) is 85.9 cm³/mol. The maximum Gasteiger partial charge on any atom is 0.150 e. The lowest BCUT2D eigenvalue weighted by atomic mass is 9.84. The predicted octanol–water partition coefficient (Wildman–Crippen LogP) is 3.91. The molecule has 0 spiro atoms. The third-order valence-corrected chi connectivity index (χ3v) is 4.88. The van der Waals surface area contributed by atoms with Crippen molar-refractivity contribution in [1.29, 1.82) is 0 Å². The van der Waals surface area contributed by atoms with Crippen molar-refractivity contribution < 1.29 is 9.53 Å². The van der Waals surface area contributed by atoms with Gasteiger partial charge < -0.3 is 4.74 Å². The second-order valence-corrected chi connectivity index (χ2v) is 6.19. The molecule has 2 rings (SSSR count). The van der Waals surface area contributed by atoms with Crippen LogP contribution in [0.3, 0.4) is 0 Å². The highest BCUT2D eigenvalue weighted by atomic mass is 16.5. The molecule has 0 N–H and O–H groups in total. The van der Waals surface area contributed by atoms with E-state index < -0.39 is 0 Å². The molecule has 0 aliphatic heterocycles. The highest BCUT2D eigenvalue weighted by Crippen LogP contribution is 2.30. The fourth-order valence-corrected chi connectivity index (χ4v) is 3.39. The molecule has 0 unspecified atom stereocenters. The van der Waals surface area contributed by atoms with Crippen molar-refractivity contribution in [2.75, 3.05) is 14.2 Å². The Hall–Kier alpha value is -1.35. The van der Waals surface area contributed by atoms with E-state index in [1.54, 1.807) is 7.11 Å². The molecule has 0 saturated heterocycles.